The highest BCUT2D eigenvalue weighted by Crippen LogP contribution is 2.42. The van der Waals surface area contributed by atoms with Crippen molar-refractivity contribution in [3.63, 3.8) is 0 Å². The maximum absolute atomic E-state index is 6.26. The Labute approximate surface area is 134 Å². The zero-order valence-electron chi connectivity index (χ0n) is 14.2. The van der Waals surface area contributed by atoms with E-state index >= 15 is 0 Å². The molecular formula is C17H33NO2S. The average Bonchev–Trinajstić information content (AvgIpc) is 2.49. The van der Waals surface area contributed by atoms with Crippen molar-refractivity contribution >= 4 is 11.8 Å². The van der Waals surface area contributed by atoms with Gasteiger partial charge in [0.2, 0.25) is 0 Å². The van der Waals surface area contributed by atoms with E-state index in [1.54, 1.807) is 0 Å². The molecule has 0 aromatic heterocycles. The largest absolute Gasteiger partial charge is 0.375 e. The molecule has 2 fully saturated rings. The first kappa shape index (κ1) is 17.6. The second kappa shape index (κ2) is 7.67. The molecule has 124 valence electrons. The highest BCUT2D eigenvalue weighted by Gasteiger charge is 2.45. The lowest BCUT2D eigenvalue weighted by Gasteiger charge is -2.49. The van der Waals surface area contributed by atoms with Gasteiger partial charge in [0.15, 0.2) is 0 Å². The van der Waals surface area contributed by atoms with Crippen LogP contribution in [0.25, 0.3) is 0 Å². The number of rotatable bonds is 6. The van der Waals surface area contributed by atoms with Crippen molar-refractivity contribution in [3.8, 4) is 0 Å². The molecule has 0 aliphatic carbocycles. The molecule has 0 amide bonds. The van der Waals surface area contributed by atoms with Crippen LogP contribution < -0.4 is 5.32 Å². The summed E-state index contributed by atoms with van der Waals surface area (Å²) >= 11 is 2.08. The fourth-order valence-electron chi connectivity index (χ4n) is 4.22. The fourth-order valence-corrected chi connectivity index (χ4v) is 5.46. The lowest BCUT2D eigenvalue weighted by atomic mass is 9.73. The summed E-state index contributed by atoms with van der Waals surface area (Å²) in [4.78, 5) is 0. The predicted molar refractivity (Wildman–Crippen MR) is 91.1 cm³/mol. The Bertz CT molecular complexity index is 314. The Morgan fingerprint density at radius 3 is 2.67 bits per heavy atom. The quantitative estimate of drug-likeness (QED) is 0.813. The molecule has 2 rings (SSSR count). The lowest BCUT2D eigenvalue weighted by Crippen LogP contribution is -2.57. The summed E-state index contributed by atoms with van der Waals surface area (Å²) in [6.07, 6.45) is 5.85. The van der Waals surface area contributed by atoms with Crippen LogP contribution in [0.15, 0.2) is 0 Å². The summed E-state index contributed by atoms with van der Waals surface area (Å²) in [5, 5.41) is 3.58. The maximum Gasteiger partial charge on any atom is 0.0806 e. The molecular weight excluding hydrogens is 282 g/mol. The van der Waals surface area contributed by atoms with Gasteiger partial charge in [0.05, 0.1) is 11.2 Å². The molecule has 0 bridgehead atoms. The molecule has 2 heterocycles. The third kappa shape index (κ3) is 3.95. The molecule has 1 N–H and O–H groups in total. The monoisotopic (exact) mass is 315 g/mol. The van der Waals surface area contributed by atoms with Crippen molar-refractivity contribution in [1.82, 2.24) is 5.32 Å². The second-order valence-corrected chi connectivity index (χ2v) is 7.99. The Morgan fingerprint density at radius 2 is 2.10 bits per heavy atom. The van der Waals surface area contributed by atoms with Gasteiger partial charge in [0, 0.05) is 19.3 Å². The third-order valence-electron chi connectivity index (χ3n) is 5.55. The van der Waals surface area contributed by atoms with Gasteiger partial charge in [0.1, 0.15) is 0 Å². The molecule has 3 nitrogen and oxygen atoms in total. The summed E-state index contributed by atoms with van der Waals surface area (Å²) in [7, 11) is 2.09. The Hall–Kier alpha value is 0.230. The van der Waals surface area contributed by atoms with E-state index in [0.717, 1.165) is 26.1 Å². The average molecular weight is 316 g/mol. The number of thioether (sulfide) groups is 1. The Balaban J connectivity index is 2.10. The molecule has 3 atom stereocenters. The van der Waals surface area contributed by atoms with Crippen LogP contribution in [0.2, 0.25) is 0 Å². The number of nitrogens with one attached hydrogen (secondary N) is 1. The van der Waals surface area contributed by atoms with E-state index in [9.17, 15) is 0 Å². The van der Waals surface area contributed by atoms with Gasteiger partial charge in [-0.3, -0.25) is 0 Å². The minimum Gasteiger partial charge on any atom is -0.375 e. The van der Waals surface area contributed by atoms with E-state index in [1.807, 2.05) is 0 Å². The van der Waals surface area contributed by atoms with E-state index in [1.165, 1.54) is 30.8 Å². The molecule has 2 aliphatic heterocycles. The molecule has 3 unspecified atom stereocenters. The summed E-state index contributed by atoms with van der Waals surface area (Å²) in [5.41, 5.74) is 0.0836. The molecule has 2 aliphatic rings. The molecule has 21 heavy (non-hydrogen) atoms. The lowest BCUT2D eigenvalue weighted by molar-refractivity contribution is -0.132. The first-order chi connectivity index (χ1) is 10.1. The second-order valence-electron chi connectivity index (χ2n) is 6.76. The molecule has 0 saturated carbocycles. The van der Waals surface area contributed by atoms with Crippen molar-refractivity contribution in [2.75, 3.05) is 31.8 Å². The smallest absolute Gasteiger partial charge is 0.0806 e. The van der Waals surface area contributed by atoms with E-state index in [2.05, 4.69) is 44.9 Å². The molecule has 0 radical (unpaired) electrons. The van der Waals surface area contributed by atoms with Crippen molar-refractivity contribution in [1.29, 1.82) is 0 Å². The van der Waals surface area contributed by atoms with E-state index < -0.39 is 0 Å². The van der Waals surface area contributed by atoms with Crippen molar-refractivity contribution < 1.29 is 9.47 Å². The summed E-state index contributed by atoms with van der Waals surface area (Å²) in [6, 6.07) is 0.415. The van der Waals surface area contributed by atoms with Gasteiger partial charge in [-0.15, -0.1) is 0 Å². The van der Waals surface area contributed by atoms with Crippen LogP contribution in [0.3, 0.4) is 0 Å². The van der Waals surface area contributed by atoms with Crippen LogP contribution in [0, 0.1) is 5.92 Å². The van der Waals surface area contributed by atoms with Gasteiger partial charge in [-0.2, -0.15) is 11.8 Å². The number of hydrogen-bond donors (Lipinski definition) is 1. The SMILES string of the molecule is CCOC(C)(CC)C(NC)C1CCOC2(CCSCC2)C1. The van der Waals surface area contributed by atoms with E-state index in [0.29, 0.717) is 12.0 Å². The van der Waals surface area contributed by atoms with E-state index in [-0.39, 0.29) is 11.2 Å². The van der Waals surface area contributed by atoms with Crippen LogP contribution in [-0.4, -0.2) is 49.0 Å². The number of ether oxygens (including phenoxy) is 2. The number of hydrogen-bond acceptors (Lipinski definition) is 4. The van der Waals surface area contributed by atoms with Gasteiger partial charge in [0.25, 0.3) is 0 Å². The van der Waals surface area contributed by atoms with Gasteiger partial charge >= 0.3 is 0 Å². The molecule has 1 spiro atoms. The highest BCUT2D eigenvalue weighted by atomic mass is 32.2. The highest BCUT2D eigenvalue weighted by molar-refractivity contribution is 7.99. The normalized spacial score (nSPS) is 30.0. The summed E-state index contributed by atoms with van der Waals surface area (Å²) in [6.45, 7) is 8.32. The summed E-state index contributed by atoms with van der Waals surface area (Å²) < 4.78 is 12.4. The van der Waals surface area contributed by atoms with Gasteiger partial charge in [-0.25, -0.2) is 0 Å². The zero-order chi connectivity index (χ0) is 15.3. The third-order valence-corrected chi connectivity index (χ3v) is 6.54. The van der Waals surface area contributed by atoms with Gasteiger partial charge in [-0.1, -0.05) is 6.92 Å². The zero-order valence-corrected chi connectivity index (χ0v) is 15.1. The predicted octanol–water partition coefficient (Wildman–Crippen LogP) is 3.47. The topological polar surface area (TPSA) is 30.5 Å². The Morgan fingerprint density at radius 1 is 1.38 bits per heavy atom. The first-order valence-corrected chi connectivity index (χ1v) is 9.77. The van der Waals surface area contributed by atoms with E-state index in [4.69, 9.17) is 9.47 Å². The minimum atomic E-state index is -0.0733. The number of likely N-dealkylation sites (N-methyl/N-ethyl adjacent to an activating group) is 1. The van der Waals surface area contributed by atoms with Crippen LogP contribution in [0.1, 0.15) is 52.9 Å². The molecule has 2 saturated heterocycles. The van der Waals surface area contributed by atoms with Crippen LogP contribution >= 0.6 is 11.8 Å². The first-order valence-electron chi connectivity index (χ1n) is 8.62. The molecule has 4 heteroatoms. The minimum absolute atomic E-state index is 0.0733. The van der Waals surface area contributed by atoms with Gasteiger partial charge < -0.3 is 14.8 Å². The summed E-state index contributed by atoms with van der Waals surface area (Å²) in [5.74, 6) is 3.17. The van der Waals surface area contributed by atoms with Crippen LogP contribution in [-0.2, 0) is 9.47 Å². The van der Waals surface area contributed by atoms with Crippen molar-refractivity contribution in [2.45, 2.75) is 70.1 Å². The Kier molecular flexibility index (Phi) is 6.42. The molecule has 0 aromatic rings. The maximum atomic E-state index is 6.26. The standard InChI is InChI=1S/C17H33NO2S/c1-5-16(3,19-6-2)15(18-4)14-7-10-20-17(13-14)8-11-21-12-9-17/h14-15,18H,5-13H2,1-4H3. The molecule has 0 aromatic carbocycles. The fraction of sp³-hybridized carbons (Fsp3) is 1.00. The van der Waals surface area contributed by atoms with Crippen LogP contribution in [0.4, 0.5) is 0 Å². The van der Waals surface area contributed by atoms with Gasteiger partial charge in [-0.05, 0) is 70.4 Å². The van der Waals surface area contributed by atoms with Crippen molar-refractivity contribution in [3.05, 3.63) is 0 Å². The van der Waals surface area contributed by atoms with Crippen LogP contribution in [0.5, 0.6) is 0 Å². The van der Waals surface area contributed by atoms with Crippen molar-refractivity contribution in [2.24, 2.45) is 5.92 Å².